The second-order valence-electron chi connectivity index (χ2n) is 3.74. The summed E-state index contributed by atoms with van der Waals surface area (Å²) in [6.07, 6.45) is 3.32. The van der Waals surface area contributed by atoms with Crippen molar-refractivity contribution in [2.45, 2.75) is 6.92 Å². The first-order valence-corrected chi connectivity index (χ1v) is 5.37. The largest absolute Gasteiger partial charge is 0.269 e. The van der Waals surface area contributed by atoms with E-state index in [2.05, 4.69) is 9.98 Å². The third kappa shape index (κ3) is 2.76. The van der Waals surface area contributed by atoms with E-state index in [-0.39, 0.29) is 5.69 Å². The predicted molar refractivity (Wildman–Crippen MR) is 69.3 cm³/mol. The van der Waals surface area contributed by atoms with E-state index in [0.717, 1.165) is 11.3 Å². The highest BCUT2D eigenvalue weighted by molar-refractivity contribution is 5.80. The van der Waals surface area contributed by atoms with E-state index in [0.29, 0.717) is 5.69 Å². The van der Waals surface area contributed by atoms with Gasteiger partial charge in [0.1, 0.15) is 0 Å². The Bertz CT molecular complexity index is 594. The molecule has 5 nitrogen and oxygen atoms in total. The van der Waals surface area contributed by atoms with Gasteiger partial charge in [0, 0.05) is 18.3 Å². The number of aryl methyl sites for hydroxylation is 1. The lowest BCUT2D eigenvalue weighted by Crippen LogP contribution is -1.89. The average molecular weight is 241 g/mol. The van der Waals surface area contributed by atoms with Crippen molar-refractivity contribution in [1.29, 1.82) is 0 Å². The highest BCUT2D eigenvalue weighted by atomic mass is 16.6. The monoisotopic (exact) mass is 241 g/mol. The van der Waals surface area contributed by atoms with Gasteiger partial charge < -0.3 is 0 Å². The number of nitrogens with zero attached hydrogens (tertiary/aromatic N) is 3. The zero-order valence-electron chi connectivity index (χ0n) is 9.78. The summed E-state index contributed by atoms with van der Waals surface area (Å²) in [5.74, 6) is 0. The molecule has 0 unspecified atom stereocenters. The smallest absolute Gasteiger partial charge is 0.258 e. The molecule has 1 aromatic heterocycles. The fraction of sp³-hybridized carbons (Fsp3) is 0.0769. The van der Waals surface area contributed by atoms with Crippen LogP contribution < -0.4 is 0 Å². The number of rotatable bonds is 3. The van der Waals surface area contributed by atoms with Crippen molar-refractivity contribution in [3.63, 3.8) is 0 Å². The number of aromatic nitrogens is 1. The molecule has 0 aliphatic rings. The van der Waals surface area contributed by atoms with Crippen LogP contribution in [-0.2, 0) is 0 Å². The fourth-order valence-corrected chi connectivity index (χ4v) is 1.49. The molecule has 90 valence electrons. The van der Waals surface area contributed by atoms with Crippen LogP contribution in [0.15, 0.2) is 47.6 Å². The van der Waals surface area contributed by atoms with Crippen LogP contribution in [0.2, 0.25) is 0 Å². The molecule has 18 heavy (non-hydrogen) atoms. The van der Waals surface area contributed by atoms with Crippen molar-refractivity contribution in [3.05, 3.63) is 64.0 Å². The highest BCUT2D eigenvalue weighted by Crippen LogP contribution is 2.23. The van der Waals surface area contributed by atoms with E-state index in [1.165, 1.54) is 12.1 Å². The quantitative estimate of drug-likeness (QED) is 0.471. The molecule has 0 aliphatic heterocycles. The number of non-ortho nitro benzene ring substituents is 1. The maximum atomic E-state index is 10.6. The van der Waals surface area contributed by atoms with Gasteiger partial charge in [-0.1, -0.05) is 6.07 Å². The molecule has 0 N–H and O–H groups in total. The maximum absolute atomic E-state index is 10.6. The Hall–Kier alpha value is -2.56. The van der Waals surface area contributed by atoms with Gasteiger partial charge in [-0.15, -0.1) is 0 Å². The first-order valence-electron chi connectivity index (χ1n) is 5.37. The Morgan fingerprint density at radius 1 is 1.33 bits per heavy atom. The minimum Gasteiger partial charge on any atom is -0.258 e. The van der Waals surface area contributed by atoms with Crippen LogP contribution >= 0.6 is 0 Å². The van der Waals surface area contributed by atoms with Crippen LogP contribution in [0.3, 0.4) is 0 Å². The lowest BCUT2D eigenvalue weighted by atomic mass is 10.2. The Morgan fingerprint density at radius 3 is 2.78 bits per heavy atom. The Kier molecular flexibility index (Phi) is 3.43. The second kappa shape index (κ2) is 5.18. The molecule has 2 rings (SSSR count). The Labute approximate surface area is 104 Å². The number of aliphatic imine (C=N–C) groups is 1. The SMILES string of the molecule is Cc1cc([N+](=O)[O-])ccc1/N=C/c1ccccn1. The van der Waals surface area contributed by atoms with Gasteiger partial charge >= 0.3 is 0 Å². The van der Waals surface area contributed by atoms with Gasteiger partial charge in [0.15, 0.2) is 0 Å². The number of hydrogen-bond donors (Lipinski definition) is 0. The first kappa shape index (κ1) is 11.9. The van der Waals surface area contributed by atoms with Crippen molar-refractivity contribution in [2.24, 2.45) is 4.99 Å². The number of hydrogen-bond acceptors (Lipinski definition) is 4. The summed E-state index contributed by atoms with van der Waals surface area (Å²) in [6, 6.07) is 10.1. The molecule has 0 atom stereocenters. The van der Waals surface area contributed by atoms with Gasteiger partial charge in [-0.25, -0.2) is 0 Å². The van der Waals surface area contributed by atoms with Crippen LogP contribution in [0.25, 0.3) is 0 Å². The van der Waals surface area contributed by atoms with Crippen LogP contribution in [0.5, 0.6) is 0 Å². The van der Waals surface area contributed by atoms with Crippen LogP contribution in [0, 0.1) is 17.0 Å². The van der Waals surface area contributed by atoms with E-state index in [4.69, 9.17) is 0 Å². The molecule has 1 aromatic carbocycles. The van der Waals surface area contributed by atoms with Crippen LogP contribution in [0.4, 0.5) is 11.4 Å². The summed E-state index contributed by atoms with van der Waals surface area (Å²) in [5.41, 5.74) is 2.28. The molecule has 1 heterocycles. The van der Waals surface area contributed by atoms with Gasteiger partial charge in [-0.3, -0.25) is 20.1 Å². The number of pyridine rings is 1. The molecule has 0 fully saturated rings. The zero-order chi connectivity index (χ0) is 13.0. The molecular formula is C13H11N3O2. The summed E-state index contributed by atoms with van der Waals surface area (Å²) < 4.78 is 0. The lowest BCUT2D eigenvalue weighted by molar-refractivity contribution is -0.384. The van der Waals surface area contributed by atoms with E-state index >= 15 is 0 Å². The van der Waals surface area contributed by atoms with Gasteiger partial charge in [0.05, 0.1) is 22.5 Å². The molecule has 2 aromatic rings. The van der Waals surface area contributed by atoms with E-state index in [1.807, 2.05) is 18.2 Å². The number of nitro groups is 1. The van der Waals surface area contributed by atoms with Crippen molar-refractivity contribution in [3.8, 4) is 0 Å². The van der Waals surface area contributed by atoms with Gasteiger partial charge in [0.2, 0.25) is 0 Å². The van der Waals surface area contributed by atoms with E-state index in [9.17, 15) is 10.1 Å². The van der Waals surface area contributed by atoms with E-state index < -0.39 is 4.92 Å². The third-order valence-corrected chi connectivity index (χ3v) is 2.41. The molecule has 0 radical (unpaired) electrons. The second-order valence-corrected chi connectivity index (χ2v) is 3.74. The maximum Gasteiger partial charge on any atom is 0.269 e. The van der Waals surface area contributed by atoms with E-state index in [1.54, 1.807) is 25.4 Å². The summed E-state index contributed by atoms with van der Waals surface area (Å²) in [5, 5.41) is 10.6. The van der Waals surface area contributed by atoms with Crippen molar-refractivity contribution in [2.75, 3.05) is 0 Å². The number of nitro benzene ring substituents is 1. The average Bonchev–Trinajstić information content (AvgIpc) is 2.38. The molecule has 0 spiro atoms. The highest BCUT2D eigenvalue weighted by Gasteiger charge is 2.06. The molecule has 5 heteroatoms. The predicted octanol–water partition coefficient (Wildman–Crippen LogP) is 3.05. The van der Waals surface area contributed by atoms with Gasteiger partial charge in [-0.05, 0) is 30.7 Å². The van der Waals surface area contributed by atoms with Gasteiger partial charge in [-0.2, -0.15) is 0 Å². The topological polar surface area (TPSA) is 68.4 Å². The summed E-state index contributed by atoms with van der Waals surface area (Å²) in [6.45, 7) is 1.79. The van der Waals surface area contributed by atoms with Crippen molar-refractivity contribution < 1.29 is 4.92 Å². The minimum absolute atomic E-state index is 0.0734. The summed E-state index contributed by atoms with van der Waals surface area (Å²) >= 11 is 0. The first-order chi connectivity index (χ1) is 8.66. The fourth-order valence-electron chi connectivity index (χ4n) is 1.49. The molecular weight excluding hydrogens is 230 g/mol. The summed E-state index contributed by atoms with van der Waals surface area (Å²) in [7, 11) is 0. The minimum atomic E-state index is -0.417. The lowest BCUT2D eigenvalue weighted by Gasteiger charge is -1.99. The standard InChI is InChI=1S/C13H11N3O2/c1-10-8-12(16(17)18)5-6-13(10)15-9-11-4-2-3-7-14-11/h2-9H,1H3/b15-9+. The van der Waals surface area contributed by atoms with Gasteiger partial charge in [0.25, 0.3) is 5.69 Å². The van der Waals surface area contributed by atoms with Crippen molar-refractivity contribution in [1.82, 2.24) is 4.98 Å². The number of benzene rings is 1. The molecule has 0 saturated heterocycles. The Morgan fingerprint density at radius 2 is 2.17 bits per heavy atom. The summed E-state index contributed by atoms with van der Waals surface area (Å²) in [4.78, 5) is 18.6. The molecule has 0 amide bonds. The van der Waals surface area contributed by atoms with Crippen molar-refractivity contribution >= 4 is 17.6 Å². The molecule has 0 aliphatic carbocycles. The van der Waals surface area contributed by atoms with Crippen LogP contribution in [-0.4, -0.2) is 16.1 Å². The molecule has 0 saturated carbocycles. The zero-order valence-corrected chi connectivity index (χ0v) is 9.78. The molecule has 0 bridgehead atoms. The third-order valence-electron chi connectivity index (χ3n) is 2.41. The van der Waals surface area contributed by atoms with Crippen LogP contribution in [0.1, 0.15) is 11.3 Å². The normalized spacial score (nSPS) is 10.7. The Balaban J connectivity index is 2.25.